The first-order chi connectivity index (χ1) is 8.13. The zero-order chi connectivity index (χ0) is 12.7. The van der Waals surface area contributed by atoms with Gasteiger partial charge in [0.1, 0.15) is 5.75 Å². The van der Waals surface area contributed by atoms with Gasteiger partial charge in [-0.3, -0.25) is 4.79 Å². The van der Waals surface area contributed by atoms with Crippen molar-refractivity contribution in [2.75, 3.05) is 6.61 Å². The number of unbranched alkanes of at least 4 members (excludes halogenated alkanes) is 1. The van der Waals surface area contributed by atoms with E-state index in [-0.39, 0.29) is 18.8 Å². The van der Waals surface area contributed by atoms with E-state index in [2.05, 4.69) is 0 Å². The molecule has 0 atom stereocenters. The summed E-state index contributed by atoms with van der Waals surface area (Å²) in [5, 5.41) is 9.07. The van der Waals surface area contributed by atoms with Crippen molar-refractivity contribution in [2.45, 2.75) is 26.2 Å². The number of ether oxygens (including phenoxy) is 1. The molecule has 1 N–H and O–H groups in total. The Labute approximate surface area is 100 Å². The standard InChI is InChI=1S/C13H16O4/c1-2-3-8-17-13(16)12(15)9-10-4-6-11(14)7-5-10/h4-7,14H,2-3,8-9H2,1H3. The molecule has 0 bridgehead atoms. The number of phenolic OH excluding ortho intramolecular Hbond substituents is 1. The van der Waals surface area contributed by atoms with Gasteiger partial charge in [-0.1, -0.05) is 25.5 Å². The zero-order valence-corrected chi connectivity index (χ0v) is 9.81. The second-order valence-electron chi connectivity index (χ2n) is 3.76. The van der Waals surface area contributed by atoms with E-state index in [1.54, 1.807) is 12.1 Å². The van der Waals surface area contributed by atoms with Crippen LogP contribution in [0.1, 0.15) is 25.3 Å². The van der Waals surface area contributed by atoms with Gasteiger partial charge in [0.15, 0.2) is 0 Å². The average Bonchev–Trinajstić information content (AvgIpc) is 2.32. The number of rotatable bonds is 6. The molecule has 0 aliphatic heterocycles. The van der Waals surface area contributed by atoms with E-state index in [1.807, 2.05) is 6.92 Å². The van der Waals surface area contributed by atoms with E-state index >= 15 is 0 Å². The minimum absolute atomic E-state index is 0.00520. The van der Waals surface area contributed by atoms with Gasteiger partial charge < -0.3 is 9.84 Å². The lowest BCUT2D eigenvalue weighted by Crippen LogP contribution is -2.20. The van der Waals surface area contributed by atoms with Gasteiger partial charge in [0, 0.05) is 6.42 Å². The van der Waals surface area contributed by atoms with Crippen molar-refractivity contribution in [2.24, 2.45) is 0 Å². The quantitative estimate of drug-likeness (QED) is 0.465. The third-order valence-corrected chi connectivity index (χ3v) is 2.26. The lowest BCUT2D eigenvalue weighted by molar-refractivity contribution is -0.153. The second-order valence-corrected chi connectivity index (χ2v) is 3.76. The van der Waals surface area contributed by atoms with Gasteiger partial charge in [-0.05, 0) is 24.1 Å². The van der Waals surface area contributed by atoms with E-state index in [0.29, 0.717) is 5.56 Å². The number of carbonyl (C=O) groups excluding carboxylic acids is 2. The number of hydrogen-bond donors (Lipinski definition) is 1. The van der Waals surface area contributed by atoms with Crippen LogP contribution in [0.4, 0.5) is 0 Å². The molecule has 0 fully saturated rings. The van der Waals surface area contributed by atoms with Gasteiger partial charge in [0.2, 0.25) is 5.78 Å². The summed E-state index contributed by atoms with van der Waals surface area (Å²) in [5.41, 5.74) is 0.681. The van der Waals surface area contributed by atoms with Crippen LogP contribution in [0.25, 0.3) is 0 Å². The van der Waals surface area contributed by atoms with Crippen molar-refractivity contribution in [3.63, 3.8) is 0 Å². The smallest absolute Gasteiger partial charge is 0.374 e. The van der Waals surface area contributed by atoms with Crippen molar-refractivity contribution in [1.82, 2.24) is 0 Å². The maximum absolute atomic E-state index is 11.5. The molecule has 0 saturated heterocycles. The number of phenols is 1. The molecule has 0 heterocycles. The van der Waals surface area contributed by atoms with Crippen LogP contribution in [0.3, 0.4) is 0 Å². The molecular formula is C13H16O4. The molecule has 0 radical (unpaired) electrons. The van der Waals surface area contributed by atoms with Crippen molar-refractivity contribution in [1.29, 1.82) is 0 Å². The summed E-state index contributed by atoms with van der Waals surface area (Å²) in [4.78, 5) is 22.7. The highest BCUT2D eigenvalue weighted by Gasteiger charge is 2.15. The van der Waals surface area contributed by atoms with Crippen molar-refractivity contribution >= 4 is 11.8 Å². The van der Waals surface area contributed by atoms with Gasteiger partial charge in [-0.15, -0.1) is 0 Å². The lowest BCUT2D eigenvalue weighted by Gasteiger charge is -2.03. The van der Waals surface area contributed by atoms with Crippen molar-refractivity contribution in [3.05, 3.63) is 29.8 Å². The highest BCUT2D eigenvalue weighted by atomic mass is 16.5. The number of benzene rings is 1. The Morgan fingerprint density at radius 1 is 1.24 bits per heavy atom. The Balaban J connectivity index is 2.43. The molecule has 1 aromatic rings. The normalized spacial score (nSPS) is 9.94. The number of esters is 1. The number of Topliss-reactive ketones (excluding diaryl/α,β-unsaturated/α-hetero) is 1. The molecule has 92 valence electrons. The molecular weight excluding hydrogens is 220 g/mol. The molecule has 0 saturated carbocycles. The van der Waals surface area contributed by atoms with Gasteiger partial charge >= 0.3 is 5.97 Å². The van der Waals surface area contributed by atoms with Crippen LogP contribution in [-0.4, -0.2) is 23.5 Å². The number of carbonyl (C=O) groups is 2. The van der Waals surface area contributed by atoms with Crippen LogP contribution in [0, 0.1) is 0 Å². The van der Waals surface area contributed by atoms with E-state index in [1.165, 1.54) is 12.1 Å². The van der Waals surface area contributed by atoms with Gasteiger partial charge in [-0.25, -0.2) is 4.79 Å². The number of aromatic hydroxyl groups is 1. The van der Waals surface area contributed by atoms with Crippen LogP contribution >= 0.6 is 0 Å². The summed E-state index contributed by atoms with van der Waals surface area (Å²) < 4.78 is 4.80. The van der Waals surface area contributed by atoms with Crippen LogP contribution in [-0.2, 0) is 20.7 Å². The van der Waals surface area contributed by atoms with E-state index < -0.39 is 11.8 Å². The molecule has 0 aliphatic rings. The molecule has 17 heavy (non-hydrogen) atoms. The molecule has 0 spiro atoms. The lowest BCUT2D eigenvalue weighted by atomic mass is 10.1. The first-order valence-corrected chi connectivity index (χ1v) is 5.61. The minimum atomic E-state index is -0.786. The van der Waals surface area contributed by atoms with Gasteiger partial charge in [-0.2, -0.15) is 0 Å². The molecule has 4 heteroatoms. The fourth-order valence-corrected chi connectivity index (χ4v) is 1.26. The molecule has 1 aromatic carbocycles. The Bertz CT molecular complexity index is 381. The average molecular weight is 236 g/mol. The van der Waals surface area contributed by atoms with Crippen LogP contribution in [0.15, 0.2) is 24.3 Å². The van der Waals surface area contributed by atoms with Crippen LogP contribution < -0.4 is 0 Å². The third kappa shape index (κ3) is 4.68. The fraction of sp³-hybridized carbons (Fsp3) is 0.385. The van der Waals surface area contributed by atoms with Crippen LogP contribution in [0.2, 0.25) is 0 Å². The first kappa shape index (κ1) is 13.2. The minimum Gasteiger partial charge on any atom is -0.508 e. The fourth-order valence-electron chi connectivity index (χ4n) is 1.26. The molecule has 0 aromatic heterocycles. The highest BCUT2D eigenvalue weighted by molar-refractivity contribution is 6.34. The topological polar surface area (TPSA) is 63.6 Å². The third-order valence-electron chi connectivity index (χ3n) is 2.26. The largest absolute Gasteiger partial charge is 0.508 e. The predicted octanol–water partition coefficient (Wildman–Crippen LogP) is 1.85. The summed E-state index contributed by atoms with van der Waals surface area (Å²) in [6.45, 7) is 2.27. The molecule has 0 amide bonds. The maximum Gasteiger partial charge on any atom is 0.374 e. The first-order valence-electron chi connectivity index (χ1n) is 5.61. The van der Waals surface area contributed by atoms with E-state index in [4.69, 9.17) is 9.84 Å². The maximum atomic E-state index is 11.5. The van der Waals surface area contributed by atoms with Crippen molar-refractivity contribution < 1.29 is 19.4 Å². The van der Waals surface area contributed by atoms with Crippen LogP contribution in [0.5, 0.6) is 5.75 Å². The predicted molar refractivity (Wildman–Crippen MR) is 62.7 cm³/mol. The number of ketones is 1. The van der Waals surface area contributed by atoms with Crippen molar-refractivity contribution in [3.8, 4) is 5.75 Å². The molecule has 0 aliphatic carbocycles. The zero-order valence-electron chi connectivity index (χ0n) is 9.81. The molecule has 4 nitrogen and oxygen atoms in total. The number of hydrogen-bond acceptors (Lipinski definition) is 4. The Hall–Kier alpha value is -1.84. The Kier molecular flexibility index (Phi) is 5.20. The SMILES string of the molecule is CCCCOC(=O)C(=O)Cc1ccc(O)cc1. The molecule has 1 rings (SSSR count). The summed E-state index contributed by atoms with van der Waals surface area (Å²) in [6, 6.07) is 6.16. The molecule has 0 unspecified atom stereocenters. The summed E-state index contributed by atoms with van der Waals surface area (Å²) >= 11 is 0. The highest BCUT2D eigenvalue weighted by Crippen LogP contribution is 2.10. The van der Waals surface area contributed by atoms with Gasteiger partial charge in [0.05, 0.1) is 6.61 Å². The van der Waals surface area contributed by atoms with E-state index in [9.17, 15) is 9.59 Å². The second kappa shape index (κ2) is 6.68. The monoisotopic (exact) mass is 236 g/mol. The summed E-state index contributed by atoms with van der Waals surface area (Å²) in [7, 11) is 0. The summed E-state index contributed by atoms with van der Waals surface area (Å²) in [6.07, 6.45) is 1.68. The van der Waals surface area contributed by atoms with Gasteiger partial charge in [0.25, 0.3) is 0 Å². The summed E-state index contributed by atoms with van der Waals surface area (Å²) in [5.74, 6) is -1.22. The van der Waals surface area contributed by atoms with E-state index in [0.717, 1.165) is 12.8 Å². The Morgan fingerprint density at radius 3 is 2.47 bits per heavy atom. The Morgan fingerprint density at radius 2 is 1.88 bits per heavy atom.